The average Bonchev–Trinajstić information content (AvgIpc) is 3.16. The summed E-state index contributed by atoms with van der Waals surface area (Å²) in [5.74, 6) is 2.75. The predicted octanol–water partition coefficient (Wildman–Crippen LogP) is 5.07. The van der Waals surface area contributed by atoms with Crippen molar-refractivity contribution in [2.24, 2.45) is 5.41 Å². The molecule has 0 atom stereocenters. The third-order valence-electron chi connectivity index (χ3n) is 6.21. The highest BCUT2D eigenvalue weighted by molar-refractivity contribution is 6.30. The Morgan fingerprint density at radius 3 is 2.61 bits per heavy atom. The van der Waals surface area contributed by atoms with Crippen LogP contribution in [0.5, 0.6) is 11.5 Å². The first-order valence-electron chi connectivity index (χ1n) is 10.4. The molecule has 2 aromatic carbocycles. The van der Waals surface area contributed by atoms with E-state index in [9.17, 15) is 4.79 Å². The minimum Gasteiger partial charge on any atom is -0.486 e. The molecule has 7 heteroatoms. The number of aromatic nitrogens is 2. The number of aryl methyl sites for hydroxylation is 1. The van der Waals surface area contributed by atoms with Crippen molar-refractivity contribution in [3.63, 3.8) is 0 Å². The van der Waals surface area contributed by atoms with Crippen LogP contribution < -0.4 is 9.47 Å². The first-order valence-corrected chi connectivity index (χ1v) is 10.7. The van der Waals surface area contributed by atoms with Crippen LogP contribution in [-0.4, -0.2) is 22.5 Å². The lowest BCUT2D eigenvalue weighted by Gasteiger charge is -2.68. The van der Waals surface area contributed by atoms with Gasteiger partial charge in [0.2, 0.25) is 11.7 Å². The van der Waals surface area contributed by atoms with E-state index in [1.165, 1.54) is 0 Å². The van der Waals surface area contributed by atoms with E-state index in [2.05, 4.69) is 10.1 Å². The Hall–Kier alpha value is -2.86. The maximum absolute atomic E-state index is 12.4. The number of hydrogen-bond donors (Lipinski definition) is 0. The summed E-state index contributed by atoms with van der Waals surface area (Å²) in [5, 5.41) is 4.71. The van der Waals surface area contributed by atoms with Crippen LogP contribution in [0.25, 0.3) is 0 Å². The van der Waals surface area contributed by atoms with Crippen LogP contribution in [0.4, 0.5) is 0 Å². The molecule has 0 amide bonds. The molecule has 6 rings (SSSR count). The molecule has 31 heavy (non-hydrogen) atoms. The number of halogens is 1. The second-order valence-electron chi connectivity index (χ2n) is 8.89. The zero-order valence-corrected chi connectivity index (χ0v) is 18.0. The average molecular weight is 439 g/mol. The first kappa shape index (κ1) is 20.1. The van der Waals surface area contributed by atoms with Gasteiger partial charge in [-0.15, -0.1) is 0 Å². The van der Waals surface area contributed by atoms with Crippen molar-refractivity contribution in [3.8, 4) is 11.5 Å². The normalized spacial score (nSPS) is 23.5. The Morgan fingerprint density at radius 1 is 1.10 bits per heavy atom. The van der Waals surface area contributed by atoms with E-state index in [0.717, 1.165) is 30.6 Å². The molecule has 3 aliphatic carbocycles. The van der Waals surface area contributed by atoms with Gasteiger partial charge in [0.25, 0.3) is 0 Å². The van der Waals surface area contributed by atoms with Gasteiger partial charge in [0, 0.05) is 11.4 Å². The van der Waals surface area contributed by atoms with Crippen LogP contribution >= 0.6 is 11.6 Å². The van der Waals surface area contributed by atoms with Gasteiger partial charge in [-0.05, 0) is 73.6 Å². The van der Waals surface area contributed by atoms with Crippen LogP contribution in [0.3, 0.4) is 0 Å². The number of carbonyl (C=O) groups is 1. The number of Topliss-reactive ketones (excluding diaryl/α,β-unsaturated/α-hetero) is 1. The lowest BCUT2D eigenvalue weighted by molar-refractivity contribution is -0.168. The van der Waals surface area contributed by atoms with Gasteiger partial charge in [-0.1, -0.05) is 28.9 Å². The van der Waals surface area contributed by atoms with E-state index < -0.39 is 0 Å². The van der Waals surface area contributed by atoms with Crippen molar-refractivity contribution >= 4 is 17.4 Å². The highest BCUT2D eigenvalue weighted by atomic mass is 35.5. The van der Waals surface area contributed by atoms with Gasteiger partial charge in [-0.2, -0.15) is 4.98 Å². The molecule has 1 heterocycles. The summed E-state index contributed by atoms with van der Waals surface area (Å²) < 4.78 is 16.8. The number of benzene rings is 2. The molecule has 0 spiro atoms. The molecular formula is C24H23ClN2O4. The molecule has 6 nitrogen and oxygen atoms in total. The van der Waals surface area contributed by atoms with Gasteiger partial charge < -0.3 is 14.0 Å². The molecule has 0 aliphatic heterocycles. The number of carbonyl (C=O) groups excluding carboxylic acids is 1. The third kappa shape index (κ3) is 4.04. The number of rotatable bonds is 9. The molecule has 0 unspecified atom stereocenters. The summed E-state index contributed by atoms with van der Waals surface area (Å²) in [6, 6.07) is 14.9. The fourth-order valence-corrected chi connectivity index (χ4v) is 5.08. The second kappa shape index (κ2) is 7.68. The maximum Gasteiger partial charge on any atom is 0.233 e. The fourth-order valence-electron chi connectivity index (χ4n) is 4.96. The Morgan fingerprint density at radius 2 is 1.87 bits per heavy atom. The summed E-state index contributed by atoms with van der Waals surface area (Å²) in [6.07, 6.45) is 3.28. The Bertz CT molecular complexity index is 1090. The SMILES string of the molecule is Cc1cccc(OCC(=O)CC23CC(c4nc(COc5ccc(Cl)cc5)no4)(C2)C3)c1. The van der Waals surface area contributed by atoms with Gasteiger partial charge in [-0.3, -0.25) is 4.79 Å². The van der Waals surface area contributed by atoms with Gasteiger partial charge >= 0.3 is 0 Å². The van der Waals surface area contributed by atoms with Crippen LogP contribution in [-0.2, 0) is 16.8 Å². The monoisotopic (exact) mass is 438 g/mol. The van der Waals surface area contributed by atoms with Gasteiger partial charge in [0.1, 0.15) is 18.1 Å². The highest BCUT2D eigenvalue weighted by Crippen LogP contribution is 2.74. The molecular weight excluding hydrogens is 416 g/mol. The van der Waals surface area contributed by atoms with Gasteiger partial charge in [0.05, 0.1) is 5.41 Å². The molecule has 0 radical (unpaired) electrons. The van der Waals surface area contributed by atoms with Crippen molar-refractivity contribution in [2.75, 3.05) is 6.61 Å². The van der Waals surface area contributed by atoms with Crippen molar-refractivity contribution in [1.82, 2.24) is 10.1 Å². The minimum absolute atomic E-state index is 0.0663. The molecule has 3 aromatic rings. The largest absolute Gasteiger partial charge is 0.486 e. The zero-order chi connectivity index (χ0) is 21.5. The van der Waals surface area contributed by atoms with Crippen molar-refractivity contribution < 1.29 is 18.8 Å². The van der Waals surface area contributed by atoms with Crippen molar-refractivity contribution in [3.05, 3.63) is 70.8 Å². The molecule has 3 aliphatic rings. The van der Waals surface area contributed by atoms with Crippen LogP contribution in [0.1, 0.15) is 43.0 Å². The zero-order valence-electron chi connectivity index (χ0n) is 17.3. The lowest BCUT2D eigenvalue weighted by Crippen LogP contribution is -2.65. The minimum atomic E-state index is -0.0663. The van der Waals surface area contributed by atoms with Crippen LogP contribution in [0, 0.1) is 12.3 Å². The van der Waals surface area contributed by atoms with E-state index in [1.54, 1.807) is 24.3 Å². The van der Waals surface area contributed by atoms with Gasteiger partial charge in [0.15, 0.2) is 12.4 Å². The molecule has 0 N–H and O–H groups in total. The molecule has 0 saturated heterocycles. The second-order valence-corrected chi connectivity index (χ2v) is 9.33. The molecule has 2 bridgehead atoms. The van der Waals surface area contributed by atoms with Crippen molar-refractivity contribution in [1.29, 1.82) is 0 Å². The van der Waals surface area contributed by atoms with E-state index in [4.69, 9.17) is 25.6 Å². The maximum atomic E-state index is 12.4. The van der Waals surface area contributed by atoms with E-state index >= 15 is 0 Å². The fraction of sp³-hybridized carbons (Fsp3) is 0.375. The standard InChI is InChI=1S/C24H23ClN2O4/c1-16-3-2-4-20(9-16)29-11-18(28)10-23-13-24(14-23,15-23)22-26-21(27-31-22)12-30-19-7-5-17(25)6-8-19/h2-9H,10-15H2,1H3. The number of hydrogen-bond acceptors (Lipinski definition) is 6. The first-order chi connectivity index (χ1) is 14.9. The number of nitrogens with zero attached hydrogens (tertiary/aromatic N) is 2. The molecule has 3 saturated carbocycles. The Labute approximate surface area is 185 Å². The molecule has 3 fully saturated rings. The number of ketones is 1. The summed E-state index contributed by atoms with van der Waals surface area (Å²) >= 11 is 5.88. The van der Waals surface area contributed by atoms with E-state index in [-0.39, 0.29) is 29.8 Å². The van der Waals surface area contributed by atoms with Crippen LogP contribution in [0.2, 0.25) is 5.02 Å². The Balaban J connectivity index is 1.10. The third-order valence-corrected chi connectivity index (χ3v) is 6.46. The number of ether oxygens (including phenoxy) is 2. The van der Waals surface area contributed by atoms with Crippen LogP contribution in [0.15, 0.2) is 53.1 Å². The summed E-state index contributed by atoms with van der Waals surface area (Å²) in [5.41, 5.74) is 1.12. The van der Waals surface area contributed by atoms with Crippen molar-refractivity contribution in [2.45, 2.75) is 44.6 Å². The van der Waals surface area contributed by atoms with E-state index in [0.29, 0.717) is 28.9 Å². The topological polar surface area (TPSA) is 74.5 Å². The van der Waals surface area contributed by atoms with Gasteiger partial charge in [-0.25, -0.2) is 0 Å². The summed E-state index contributed by atoms with van der Waals surface area (Å²) in [6.45, 7) is 2.36. The highest BCUT2D eigenvalue weighted by Gasteiger charge is 2.71. The summed E-state index contributed by atoms with van der Waals surface area (Å²) in [7, 11) is 0. The molecule has 1 aromatic heterocycles. The molecule has 160 valence electrons. The lowest BCUT2D eigenvalue weighted by atomic mass is 9.34. The quantitative estimate of drug-likeness (QED) is 0.464. The Kier molecular flexibility index (Phi) is 4.97. The smallest absolute Gasteiger partial charge is 0.233 e. The van der Waals surface area contributed by atoms with E-state index in [1.807, 2.05) is 31.2 Å². The predicted molar refractivity (Wildman–Crippen MR) is 114 cm³/mol. The summed E-state index contributed by atoms with van der Waals surface area (Å²) in [4.78, 5) is 16.9.